The Kier molecular flexibility index (Phi) is 5.40. The first-order valence-electron chi connectivity index (χ1n) is 6.69. The van der Waals surface area contributed by atoms with Gasteiger partial charge in [0, 0.05) is 6.54 Å². The van der Waals surface area contributed by atoms with E-state index in [2.05, 4.69) is 0 Å². The molecule has 0 unspecified atom stereocenters. The number of nitrogens with one attached hydrogen (secondary N) is 1. The fourth-order valence-corrected chi connectivity index (χ4v) is 3.82. The number of halogens is 5. The van der Waals surface area contributed by atoms with Crippen LogP contribution in [0.4, 0.5) is 22.0 Å². The highest BCUT2D eigenvalue weighted by molar-refractivity contribution is 7.92. The number of hydrogen-bond donors (Lipinski definition) is 1. The molecule has 0 spiro atoms. The average molecular weight is 415 g/mol. The van der Waals surface area contributed by atoms with Crippen LogP contribution >= 0.6 is 0 Å². The molecule has 5 nitrogen and oxygen atoms in total. The van der Waals surface area contributed by atoms with Crippen LogP contribution in [0.25, 0.3) is 0 Å². The molecule has 0 atom stereocenters. The van der Waals surface area contributed by atoms with Gasteiger partial charge in [-0.05, 0) is 35.9 Å². The second-order valence-electron chi connectivity index (χ2n) is 4.99. The van der Waals surface area contributed by atoms with Crippen LogP contribution in [0.5, 0.6) is 0 Å². The highest BCUT2D eigenvalue weighted by Gasteiger charge is 2.48. The molecular weight excluding hydrogens is 405 g/mol. The summed E-state index contributed by atoms with van der Waals surface area (Å²) in [6, 6.07) is 5.68. The zero-order valence-corrected chi connectivity index (χ0v) is 14.2. The SMILES string of the molecule is O=S(=O)(NCc1ccc(F)cc1)c1ccc(F)c(S(=O)(=O)C(F)(F)F)c1. The van der Waals surface area contributed by atoms with Gasteiger partial charge in [0.15, 0.2) is 0 Å². The normalized spacial score (nSPS) is 13.0. The van der Waals surface area contributed by atoms with Gasteiger partial charge in [-0.15, -0.1) is 0 Å². The lowest BCUT2D eigenvalue weighted by molar-refractivity contribution is -0.0437. The van der Waals surface area contributed by atoms with E-state index in [0.717, 1.165) is 12.1 Å². The molecule has 142 valence electrons. The van der Waals surface area contributed by atoms with Crippen LogP contribution in [0.2, 0.25) is 0 Å². The van der Waals surface area contributed by atoms with Gasteiger partial charge in [0.2, 0.25) is 10.0 Å². The zero-order valence-electron chi connectivity index (χ0n) is 12.6. The van der Waals surface area contributed by atoms with E-state index in [1.807, 2.05) is 4.72 Å². The van der Waals surface area contributed by atoms with Crippen molar-refractivity contribution in [3.05, 3.63) is 59.7 Å². The summed E-state index contributed by atoms with van der Waals surface area (Å²) in [4.78, 5) is -2.67. The molecule has 0 aliphatic rings. The lowest BCUT2D eigenvalue weighted by Crippen LogP contribution is -2.26. The predicted molar refractivity (Wildman–Crippen MR) is 80.1 cm³/mol. The van der Waals surface area contributed by atoms with Crippen molar-refractivity contribution in [2.24, 2.45) is 0 Å². The Hall–Kier alpha value is -2.05. The first-order chi connectivity index (χ1) is 11.8. The molecule has 0 aromatic heterocycles. The van der Waals surface area contributed by atoms with E-state index in [4.69, 9.17) is 0 Å². The number of rotatable bonds is 5. The molecule has 26 heavy (non-hydrogen) atoms. The Morgan fingerprint density at radius 2 is 1.46 bits per heavy atom. The summed E-state index contributed by atoms with van der Waals surface area (Å²) in [5.74, 6) is -2.29. The second kappa shape index (κ2) is 6.93. The predicted octanol–water partition coefficient (Wildman–Crippen LogP) is 2.74. The molecule has 0 heterocycles. The molecule has 0 aliphatic heterocycles. The average Bonchev–Trinajstić information content (AvgIpc) is 2.53. The largest absolute Gasteiger partial charge is 0.502 e. The van der Waals surface area contributed by atoms with Crippen LogP contribution in [0.1, 0.15) is 5.56 Å². The van der Waals surface area contributed by atoms with Crippen LogP contribution in [0.3, 0.4) is 0 Å². The lowest BCUT2D eigenvalue weighted by atomic mass is 10.2. The van der Waals surface area contributed by atoms with Crippen LogP contribution in [0.15, 0.2) is 52.3 Å². The minimum absolute atomic E-state index is 0.0884. The van der Waals surface area contributed by atoms with Crippen molar-refractivity contribution in [1.82, 2.24) is 4.72 Å². The molecule has 1 N–H and O–H groups in total. The minimum atomic E-state index is -6.07. The maximum absolute atomic E-state index is 13.5. The molecule has 2 aromatic carbocycles. The van der Waals surface area contributed by atoms with Crippen LogP contribution in [-0.2, 0) is 26.4 Å². The quantitative estimate of drug-likeness (QED) is 0.762. The molecule has 0 saturated heterocycles. The van der Waals surface area contributed by atoms with Crippen LogP contribution < -0.4 is 4.72 Å². The molecule has 0 saturated carbocycles. The number of benzene rings is 2. The fraction of sp³-hybridized carbons (Fsp3) is 0.143. The topological polar surface area (TPSA) is 80.3 Å². The maximum Gasteiger partial charge on any atom is 0.502 e. The summed E-state index contributed by atoms with van der Waals surface area (Å²) in [6.45, 7) is -0.346. The Labute approximate surface area is 145 Å². The molecule has 0 aliphatic carbocycles. The van der Waals surface area contributed by atoms with Gasteiger partial charge >= 0.3 is 5.51 Å². The van der Waals surface area contributed by atoms with Gasteiger partial charge in [0.25, 0.3) is 9.84 Å². The lowest BCUT2D eigenvalue weighted by Gasteiger charge is -2.11. The smallest absolute Gasteiger partial charge is 0.214 e. The van der Waals surface area contributed by atoms with E-state index in [-0.39, 0.29) is 12.6 Å². The van der Waals surface area contributed by atoms with Crippen molar-refractivity contribution in [1.29, 1.82) is 0 Å². The summed E-state index contributed by atoms with van der Waals surface area (Å²) in [5.41, 5.74) is -5.46. The number of sulfone groups is 1. The summed E-state index contributed by atoms with van der Waals surface area (Å²) in [5, 5.41) is 0. The summed E-state index contributed by atoms with van der Waals surface area (Å²) >= 11 is 0. The minimum Gasteiger partial charge on any atom is -0.214 e. The van der Waals surface area contributed by atoms with Gasteiger partial charge in [0.1, 0.15) is 16.5 Å². The third kappa shape index (κ3) is 4.19. The van der Waals surface area contributed by atoms with Gasteiger partial charge in [0.05, 0.1) is 4.90 Å². The highest BCUT2D eigenvalue weighted by atomic mass is 32.2. The van der Waals surface area contributed by atoms with E-state index in [1.54, 1.807) is 0 Å². The third-order valence-corrected chi connectivity index (χ3v) is 6.09. The van der Waals surface area contributed by atoms with Crippen molar-refractivity contribution in [3.8, 4) is 0 Å². The Morgan fingerprint density at radius 3 is 2.00 bits per heavy atom. The summed E-state index contributed by atoms with van der Waals surface area (Å²) in [6.07, 6.45) is 0. The Balaban J connectivity index is 2.36. The van der Waals surface area contributed by atoms with Gasteiger partial charge in [-0.3, -0.25) is 0 Å². The third-order valence-electron chi connectivity index (χ3n) is 3.19. The number of sulfonamides is 1. The Bertz CT molecular complexity index is 1020. The molecule has 12 heteroatoms. The molecule has 0 bridgehead atoms. The first kappa shape index (κ1) is 20.3. The number of hydrogen-bond acceptors (Lipinski definition) is 4. The summed E-state index contributed by atoms with van der Waals surface area (Å²) in [7, 11) is -10.5. The molecule has 0 fully saturated rings. The maximum atomic E-state index is 13.5. The van der Waals surface area contributed by atoms with Gasteiger partial charge < -0.3 is 0 Å². The first-order valence-corrected chi connectivity index (χ1v) is 9.66. The zero-order chi connectivity index (χ0) is 19.8. The van der Waals surface area contributed by atoms with E-state index in [1.165, 1.54) is 12.1 Å². The van der Waals surface area contributed by atoms with Crippen molar-refractivity contribution >= 4 is 19.9 Å². The monoisotopic (exact) mass is 415 g/mol. The molecule has 2 rings (SSSR count). The second-order valence-corrected chi connectivity index (χ2v) is 8.67. The van der Waals surface area contributed by atoms with E-state index in [0.29, 0.717) is 17.7 Å². The van der Waals surface area contributed by atoms with Crippen LogP contribution in [0, 0.1) is 11.6 Å². The van der Waals surface area contributed by atoms with E-state index in [9.17, 15) is 38.8 Å². The van der Waals surface area contributed by atoms with Gasteiger partial charge in [-0.2, -0.15) is 13.2 Å². The van der Waals surface area contributed by atoms with Crippen molar-refractivity contribution in [3.63, 3.8) is 0 Å². The van der Waals surface area contributed by atoms with Gasteiger partial charge in [-0.25, -0.2) is 30.3 Å². The van der Waals surface area contributed by atoms with Crippen molar-refractivity contribution in [2.75, 3.05) is 0 Å². The summed E-state index contributed by atoms with van der Waals surface area (Å²) < 4.78 is 113. The van der Waals surface area contributed by atoms with Crippen molar-refractivity contribution in [2.45, 2.75) is 21.8 Å². The molecule has 2 aromatic rings. The van der Waals surface area contributed by atoms with Crippen LogP contribution in [-0.4, -0.2) is 22.3 Å². The molecular formula is C14H10F5NO4S2. The standard InChI is InChI=1S/C14H10F5NO4S2/c15-10-3-1-9(2-4-10)8-20-26(23,24)11-5-6-12(16)13(7-11)25(21,22)14(17,18)19/h1-7,20H,8H2. The fourth-order valence-electron chi connectivity index (χ4n) is 1.85. The number of alkyl halides is 3. The molecule has 0 radical (unpaired) electrons. The highest BCUT2D eigenvalue weighted by Crippen LogP contribution is 2.32. The molecule has 0 amide bonds. The Morgan fingerprint density at radius 1 is 0.885 bits per heavy atom. The van der Waals surface area contributed by atoms with Crippen molar-refractivity contribution < 1.29 is 38.8 Å². The van der Waals surface area contributed by atoms with E-state index >= 15 is 0 Å². The van der Waals surface area contributed by atoms with E-state index < -0.39 is 46.8 Å². The van der Waals surface area contributed by atoms with Gasteiger partial charge in [-0.1, -0.05) is 12.1 Å².